The van der Waals surface area contributed by atoms with Crippen LogP contribution in [0.3, 0.4) is 0 Å². The maximum atomic E-state index is 12.2. The van der Waals surface area contributed by atoms with Crippen LogP contribution >= 0.6 is 0 Å². The number of nitrogens with one attached hydrogen (secondary N) is 1. The zero-order valence-electron chi connectivity index (χ0n) is 10.9. The molecule has 1 aliphatic rings. The predicted octanol–water partition coefficient (Wildman–Crippen LogP) is -0.258. The largest absolute Gasteiger partial charge is 0.302 e. The molecule has 7 nitrogen and oxygen atoms in total. The number of nitrogens with zero attached hydrogens (tertiary/aromatic N) is 4. The van der Waals surface area contributed by atoms with E-state index in [-0.39, 0.29) is 6.17 Å². The molecular formula is C10H19N5O2S. The minimum Gasteiger partial charge on any atom is -0.286 e. The zero-order valence-corrected chi connectivity index (χ0v) is 11.7. The van der Waals surface area contributed by atoms with E-state index >= 15 is 0 Å². The van der Waals surface area contributed by atoms with Gasteiger partial charge in [-0.15, -0.1) is 0 Å². The molecule has 0 unspecified atom stereocenters. The van der Waals surface area contributed by atoms with Crippen LogP contribution in [0.25, 0.3) is 0 Å². The van der Waals surface area contributed by atoms with Crippen molar-refractivity contribution in [2.75, 3.05) is 24.9 Å². The van der Waals surface area contributed by atoms with Crippen molar-refractivity contribution in [3.8, 4) is 0 Å². The highest BCUT2D eigenvalue weighted by molar-refractivity contribution is 7.90. The Balaban J connectivity index is 2.41. The molecule has 1 N–H and O–H groups in total. The van der Waals surface area contributed by atoms with Gasteiger partial charge in [0.1, 0.15) is 0 Å². The number of rotatable bonds is 4. The summed E-state index contributed by atoms with van der Waals surface area (Å²) >= 11 is 0. The molecule has 1 aromatic rings. The Morgan fingerprint density at radius 3 is 2.67 bits per heavy atom. The van der Waals surface area contributed by atoms with Gasteiger partial charge in [0.15, 0.2) is 0 Å². The second-order valence-electron chi connectivity index (χ2n) is 4.48. The van der Waals surface area contributed by atoms with E-state index in [4.69, 9.17) is 0 Å². The van der Waals surface area contributed by atoms with E-state index in [9.17, 15) is 8.42 Å². The Hall–Kier alpha value is -1.12. The van der Waals surface area contributed by atoms with Crippen LogP contribution in [-0.2, 0) is 17.3 Å². The van der Waals surface area contributed by atoms with E-state index in [2.05, 4.69) is 9.82 Å². The SMILES string of the molecule is CNS(=O)(=O)N(c1cnn(C)c1)[C@H]1CCCN1C. The third-order valence-corrected chi connectivity index (χ3v) is 4.70. The molecule has 2 rings (SSSR count). The minimum atomic E-state index is -3.53. The predicted molar refractivity (Wildman–Crippen MR) is 69.3 cm³/mol. The normalized spacial score (nSPS) is 21.4. The summed E-state index contributed by atoms with van der Waals surface area (Å²) < 4.78 is 29.8. The first kappa shape index (κ1) is 13.3. The number of aromatic nitrogens is 2. The van der Waals surface area contributed by atoms with Crippen LogP contribution in [0.2, 0.25) is 0 Å². The molecule has 0 aromatic carbocycles. The van der Waals surface area contributed by atoms with Gasteiger partial charge >= 0.3 is 10.2 Å². The van der Waals surface area contributed by atoms with Gasteiger partial charge in [0.05, 0.1) is 18.1 Å². The second-order valence-corrected chi connectivity index (χ2v) is 6.23. The van der Waals surface area contributed by atoms with Gasteiger partial charge in [0.2, 0.25) is 0 Å². The molecule has 0 aliphatic carbocycles. The standard InChI is InChI=1S/C10H19N5O2S/c1-11-18(16,17)15(9-7-12-14(3)8-9)10-5-4-6-13(10)2/h7-8,10-11H,4-6H2,1-3H3/t10-/m0/s1. The molecule has 0 radical (unpaired) electrons. The Morgan fingerprint density at radius 1 is 1.50 bits per heavy atom. The fourth-order valence-corrected chi connectivity index (χ4v) is 3.44. The average molecular weight is 273 g/mol. The molecule has 0 saturated carbocycles. The first-order valence-corrected chi connectivity index (χ1v) is 7.31. The van der Waals surface area contributed by atoms with Gasteiger partial charge in [0, 0.05) is 20.3 Å². The van der Waals surface area contributed by atoms with E-state index in [1.807, 2.05) is 11.9 Å². The summed E-state index contributed by atoms with van der Waals surface area (Å²) in [7, 11) is 1.60. The van der Waals surface area contributed by atoms with Crippen molar-refractivity contribution in [1.82, 2.24) is 19.4 Å². The lowest BCUT2D eigenvalue weighted by Crippen LogP contribution is -2.50. The molecular weight excluding hydrogens is 254 g/mol. The van der Waals surface area contributed by atoms with Crippen molar-refractivity contribution in [2.45, 2.75) is 19.0 Å². The van der Waals surface area contributed by atoms with Crippen LogP contribution < -0.4 is 9.03 Å². The van der Waals surface area contributed by atoms with Gasteiger partial charge in [-0.2, -0.15) is 13.5 Å². The average Bonchev–Trinajstić information content (AvgIpc) is 2.90. The number of aryl methyl sites for hydroxylation is 1. The van der Waals surface area contributed by atoms with Crippen molar-refractivity contribution >= 4 is 15.9 Å². The van der Waals surface area contributed by atoms with Crippen molar-refractivity contribution < 1.29 is 8.42 Å². The summed E-state index contributed by atoms with van der Waals surface area (Å²) in [5, 5.41) is 4.05. The van der Waals surface area contributed by atoms with Gasteiger partial charge in [0.25, 0.3) is 0 Å². The Morgan fingerprint density at radius 2 is 2.22 bits per heavy atom. The number of anilines is 1. The van der Waals surface area contributed by atoms with Crippen LogP contribution in [0.1, 0.15) is 12.8 Å². The van der Waals surface area contributed by atoms with Crippen LogP contribution in [0.4, 0.5) is 5.69 Å². The van der Waals surface area contributed by atoms with Crippen molar-refractivity contribution in [3.05, 3.63) is 12.4 Å². The Labute approximate surface area is 108 Å². The lowest BCUT2D eigenvalue weighted by atomic mass is 10.3. The second kappa shape index (κ2) is 4.87. The van der Waals surface area contributed by atoms with Gasteiger partial charge in [-0.25, -0.2) is 9.03 Å². The van der Waals surface area contributed by atoms with Crippen molar-refractivity contribution in [3.63, 3.8) is 0 Å². The van der Waals surface area contributed by atoms with E-state index in [1.54, 1.807) is 24.1 Å². The summed E-state index contributed by atoms with van der Waals surface area (Å²) in [5.74, 6) is 0. The molecule has 1 aromatic heterocycles. The van der Waals surface area contributed by atoms with E-state index in [1.165, 1.54) is 11.4 Å². The monoisotopic (exact) mass is 273 g/mol. The van der Waals surface area contributed by atoms with Gasteiger partial charge in [-0.1, -0.05) is 0 Å². The fourth-order valence-electron chi connectivity index (χ4n) is 2.28. The van der Waals surface area contributed by atoms with Crippen LogP contribution in [0.5, 0.6) is 0 Å². The third-order valence-electron chi connectivity index (χ3n) is 3.22. The van der Waals surface area contributed by atoms with E-state index in [0.29, 0.717) is 5.69 Å². The van der Waals surface area contributed by atoms with Crippen molar-refractivity contribution in [2.24, 2.45) is 7.05 Å². The number of likely N-dealkylation sites (tertiary alicyclic amines) is 1. The molecule has 8 heteroatoms. The lowest BCUT2D eigenvalue weighted by molar-refractivity contribution is 0.319. The van der Waals surface area contributed by atoms with Gasteiger partial charge < -0.3 is 0 Å². The quantitative estimate of drug-likeness (QED) is 0.821. The van der Waals surface area contributed by atoms with Crippen LogP contribution in [0.15, 0.2) is 12.4 Å². The molecule has 2 heterocycles. The lowest BCUT2D eigenvalue weighted by Gasteiger charge is -2.32. The highest BCUT2D eigenvalue weighted by atomic mass is 32.2. The maximum Gasteiger partial charge on any atom is 0.302 e. The molecule has 1 aliphatic heterocycles. The topological polar surface area (TPSA) is 70.5 Å². The van der Waals surface area contributed by atoms with E-state index < -0.39 is 10.2 Å². The van der Waals surface area contributed by atoms with Gasteiger partial charge in [-0.3, -0.25) is 9.58 Å². The van der Waals surface area contributed by atoms with Gasteiger partial charge in [-0.05, 0) is 26.4 Å². The first-order valence-electron chi connectivity index (χ1n) is 5.87. The summed E-state index contributed by atoms with van der Waals surface area (Å²) in [6.07, 6.45) is 4.96. The summed E-state index contributed by atoms with van der Waals surface area (Å²) in [6, 6.07) is 0. The summed E-state index contributed by atoms with van der Waals surface area (Å²) in [5.41, 5.74) is 0.589. The molecule has 1 saturated heterocycles. The fraction of sp³-hybridized carbons (Fsp3) is 0.700. The molecule has 1 fully saturated rings. The number of hydrogen-bond acceptors (Lipinski definition) is 4. The van der Waals surface area contributed by atoms with Crippen LogP contribution in [-0.4, -0.2) is 49.9 Å². The minimum absolute atomic E-state index is 0.147. The van der Waals surface area contributed by atoms with E-state index in [0.717, 1.165) is 19.4 Å². The maximum absolute atomic E-state index is 12.2. The molecule has 0 bridgehead atoms. The summed E-state index contributed by atoms with van der Waals surface area (Å²) in [6.45, 7) is 0.903. The molecule has 18 heavy (non-hydrogen) atoms. The highest BCUT2D eigenvalue weighted by Gasteiger charge is 2.35. The third kappa shape index (κ3) is 2.36. The smallest absolute Gasteiger partial charge is 0.286 e. The molecule has 102 valence electrons. The molecule has 1 atom stereocenters. The zero-order chi connectivity index (χ0) is 13.3. The number of hydrogen-bond donors (Lipinski definition) is 1. The summed E-state index contributed by atoms with van der Waals surface area (Å²) in [4.78, 5) is 2.04. The Bertz CT molecular complexity index is 512. The Kier molecular flexibility index (Phi) is 3.60. The van der Waals surface area contributed by atoms with Crippen molar-refractivity contribution in [1.29, 1.82) is 0 Å². The molecule has 0 spiro atoms. The van der Waals surface area contributed by atoms with Crippen LogP contribution in [0, 0.1) is 0 Å². The molecule has 0 amide bonds. The highest BCUT2D eigenvalue weighted by Crippen LogP contribution is 2.27. The first-order chi connectivity index (χ1) is 8.45.